The highest BCUT2D eigenvalue weighted by molar-refractivity contribution is 4.69. The molecule has 0 bridgehead atoms. The van der Waals surface area contributed by atoms with Gasteiger partial charge in [-0.25, -0.2) is 0 Å². The van der Waals surface area contributed by atoms with E-state index < -0.39 is 0 Å². The first-order chi connectivity index (χ1) is 5.48. The summed E-state index contributed by atoms with van der Waals surface area (Å²) in [6.07, 6.45) is 0.524. The molecule has 3 N–H and O–H groups in total. The van der Waals surface area contributed by atoms with Gasteiger partial charge in [-0.3, -0.25) is 0 Å². The molecule has 0 fully saturated rings. The molecule has 0 rings (SSSR count). The Morgan fingerprint density at radius 2 is 2.00 bits per heavy atom. The van der Waals surface area contributed by atoms with Crippen LogP contribution in [-0.2, 0) is 0 Å². The lowest BCUT2D eigenvalue weighted by molar-refractivity contribution is 0.151. The van der Waals surface area contributed by atoms with E-state index in [1.165, 1.54) is 0 Å². The molecule has 0 aromatic heterocycles. The zero-order valence-corrected chi connectivity index (χ0v) is 8.30. The van der Waals surface area contributed by atoms with Crippen molar-refractivity contribution in [2.75, 3.05) is 19.7 Å². The minimum atomic E-state index is -0.241. The molecule has 0 radical (unpaired) electrons. The molecule has 0 aliphatic rings. The molecule has 3 nitrogen and oxygen atoms in total. The lowest BCUT2D eigenvalue weighted by atomic mass is 9.95. The van der Waals surface area contributed by atoms with Crippen LogP contribution in [0.1, 0.15) is 27.2 Å². The highest BCUT2D eigenvalue weighted by atomic mass is 16.3. The lowest BCUT2D eigenvalue weighted by Gasteiger charge is -2.22. The Balaban J connectivity index is 3.31. The Morgan fingerprint density at radius 3 is 2.42 bits per heavy atom. The summed E-state index contributed by atoms with van der Waals surface area (Å²) < 4.78 is 0. The average molecular weight is 175 g/mol. The highest BCUT2D eigenvalue weighted by Gasteiger charge is 2.15. The van der Waals surface area contributed by atoms with Gasteiger partial charge < -0.3 is 15.5 Å². The number of hydrogen-bond acceptors (Lipinski definition) is 3. The van der Waals surface area contributed by atoms with Gasteiger partial charge in [-0.15, -0.1) is 0 Å². The highest BCUT2D eigenvalue weighted by Crippen LogP contribution is 2.10. The first-order valence-corrected chi connectivity index (χ1v) is 4.47. The number of hydrogen-bond donors (Lipinski definition) is 3. The fraction of sp³-hybridized carbons (Fsp3) is 1.00. The summed E-state index contributed by atoms with van der Waals surface area (Å²) in [4.78, 5) is 0. The Morgan fingerprint density at radius 1 is 1.42 bits per heavy atom. The molecule has 0 aliphatic heterocycles. The second-order valence-electron chi connectivity index (χ2n) is 4.14. The first kappa shape index (κ1) is 11.9. The third-order valence-electron chi connectivity index (χ3n) is 1.77. The third kappa shape index (κ3) is 6.58. The van der Waals surface area contributed by atoms with Crippen molar-refractivity contribution in [1.29, 1.82) is 0 Å². The van der Waals surface area contributed by atoms with Gasteiger partial charge in [-0.05, 0) is 19.9 Å². The third-order valence-corrected chi connectivity index (χ3v) is 1.77. The summed E-state index contributed by atoms with van der Waals surface area (Å²) in [6.45, 7) is 7.57. The maximum absolute atomic E-state index is 8.95. The minimum absolute atomic E-state index is 0.0569. The average Bonchev–Trinajstić information content (AvgIpc) is 1.98. The standard InChI is InChI=1S/C9H21NO2/c1-8(12)4-5-10-6-9(2,3)7-11/h8,10-12H,4-7H2,1-3H3. The van der Waals surface area contributed by atoms with Crippen LogP contribution in [0.25, 0.3) is 0 Å². The van der Waals surface area contributed by atoms with E-state index >= 15 is 0 Å². The summed E-state index contributed by atoms with van der Waals surface area (Å²) in [5.41, 5.74) is -0.0569. The summed E-state index contributed by atoms with van der Waals surface area (Å²) in [6, 6.07) is 0. The van der Waals surface area contributed by atoms with Gasteiger partial charge in [0.25, 0.3) is 0 Å². The van der Waals surface area contributed by atoms with Crippen molar-refractivity contribution in [2.24, 2.45) is 5.41 Å². The molecule has 0 amide bonds. The van der Waals surface area contributed by atoms with Gasteiger partial charge in [0.2, 0.25) is 0 Å². The van der Waals surface area contributed by atoms with Crippen LogP contribution in [0, 0.1) is 5.41 Å². The van der Waals surface area contributed by atoms with Gasteiger partial charge >= 0.3 is 0 Å². The molecule has 12 heavy (non-hydrogen) atoms. The van der Waals surface area contributed by atoms with Gasteiger partial charge in [0, 0.05) is 18.6 Å². The summed E-state index contributed by atoms with van der Waals surface area (Å²) in [7, 11) is 0. The predicted molar refractivity (Wildman–Crippen MR) is 50.0 cm³/mol. The van der Waals surface area contributed by atoms with Gasteiger partial charge in [-0.1, -0.05) is 13.8 Å². The monoisotopic (exact) mass is 175 g/mol. The number of aliphatic hydroxyl groups excluding tert-OH is 2. The van der Waals surface area contributed by atoms with Crippen molar-refractivity contribution in [3.8, 4) is 0 Å². The molecule has 0 heterocycles. The van der Waals surface area contributed by atoms with Gasteiger partial charge in [-0.2, -0.15) is 0 Å². The van der Waals surface area contributed by atoms with Crippen molar-refractivity contribution < 1.29 is 10.2 Å². The Kier molecular flexibility index (Phi) is 5.46. The number of aliphatic hydroxyl groups is 2. The smallest absolute Gasteiger partial charge is 0.0524 e. The predicted octanol–water partition coefficient (Wildman–Crippen LogP) is 0.365. The maximum Gasteiger partial charge on any atom is 0.0524 e. The van der Waals surface area contributed by atoms with E-state index in [2.05, 4.69) is 5.32 Å². The number of nitrogens with one attached hydrogen (secondary N) is 1. The number of rotatable bonds is 6. The van der Waals surface area contributed by atoms with E-state index in [9.17, 15) is 0 Å². The topological polar surface area (TPSA) is 52.5 Å². The molecule has 0 saturated heterocycles. The SMILES string of the molecule is CC(O)CCNCC(C)(C)CO. The fourth-order valence-corrected chi connectivity index (χ4v) is 0.794. The van der Waals surface area contributed by atoms with E-state index in [4.69, 9.17) is 10.2 Å². The van der Waals surface area contributed by atoms with E-state index in [0.29, 0.717) is 0 Å². The minimum Gasteiger partial charge on any atom is -0.396 e. The quantitative estimate of drug-likeness (QED) is 0.511. The molecule has 0 aromatic rings. The summed E-state index contributed by atoms with van der Waals surface area (Å²) >= 11 is 0. The first-order valence-electron chi connectivity index (χ1n) is 4.47. The van der Waals surface area contributed by atoms with E-state index in [-0.39, 0.29) is 18.1 Å². The molecule has 0 saturated carbocycles. The largest absolute Gasteiger partial charge is 0.396 e. The lowest BCUT2D eigenvalue weighted by Crippen LogP contribution is -2.33. The normalized spacial score (nSPS) is 14.8. The van der Waals surface area contributed by atoms with Gasteiger partial charge in [0.15, 0.2) is 0 Å². The Labute approximate surface area is 74.8 Å². The van der Waals surface area contributed by atoms with Crippen molar-refractivity contribution in [1.82, 2.24) is 5.32 Å². The summed E-state index contributed by atoms with van der Waals surface area (Å²) in [5, 5.41) is 21.1. The van der Waals surface area contributed by atoms with E-state index in [1.807, 2.05) is 13.8 Å². The van der Waals surface area contributed by atoms with Crippen molar-refractivity contribution in [3.05, 3.63) is 0 Å². The molecule has 1 unspecified atom stereocenters. The molecule has 3 heteroatoms. The van der Waals surface area contributed by atoms with Crippen LogP contribution in [0.15, 0.2) is 0 Å². The molecule has 0 aliphatic carbocycles. The molecule has 74 valence electrons. The Hall–Kier alpha value is -0.120. The zero-order valence-electron chi connectivity index (χ0n) is 8.30. The van der Waals surface area contributed by atoms with E-state index in [1.54, 1.807) is 6.92 Å². The van der Waals surface area contributed by atoms with Gasteiger partial charge in [0.1, 0.15) is 0 Å². The molecule has 1 atom stereocenters. The molecular weight excluding hydrogens is 154 g/mol. The van der Waals surface area contributed by atoms with E-state index in [0.717, 1.165) is 19.5 Å². The second-order valence-corrected chi connectivity index (χ2v) is 4.14. The summed E-state index contributed by atoms with van der Waals surface area (Å²) in [5.74, 6) is 0. The van der Waals surface area contributed by atoms with Crippen LogP contribution in [0.5, 0.6) is 0 Å². The second kappa shape index (κ2) is 5.51. The molecular formula is C9H21NO2. The van der Waals surface area contributed by atoms with Crippen LogP contribution >= 0.6 is 0 Å². The van der Waals surface area contributed by atoms with Crippen LogP contribution in [0.4, 0.5) is 0 Å². The zero-order chi connectivity index (χ0) is 9.61. The molecule has 0 aromatic carbocycles. The van der Waals surface area contributed by atoms with Crippen molar-refractivity contribution in [3.63, 3.8) is 0 Å². The van der Waals surface area contributed by atoms with Crippen molar-refractivity contribution in [2.45, 2.75) is 33.3 Å². The van der Waals surface area contributed by atoms with Crippen LogP contribution in [0.3, 0.4) is 0 Å². The van der Waals surface area contributed by atoms with Crippen LogP contribution in [-0.4, -0.2) is 36.0 Å². The van der Waals surface area contributed by atoms with Gasteiger partial charge in [0.05, 0.1) is 6.10 Å². The van der Waals surface area contributed by atoms with Crippen LogP contribution in [0.2, 0.25) is 0 Å². The maximum atomic E-state index is 8.95. The fourth-order valence-electron chi connectivity index (χ4n) is 0.794. The van der Waals surface area contributed by atoms with Crippen LogP contribution < -0.4 is 5.32 Å². The Bertz CT molecular complexity index is 113. The van der Waals surface area contributed by atoms with Crippen molar-refractivity contribution >= 4 is 0 Å². The molecule has 0 spiro atoms.